The van der Waals surface area contributed by atoms with Crippen molar-refractivity contribution in [2.45, 2.75) is 6.92 Å². The van der Waals surface area contributed by atoms with Gasteiger partial charge in [0.1, 0.15) is 19.8 Å². The van der Waals surface area contributed by atoms with Crippen LogP contribution in [0.15, 0.2) is 17.1 Å². The highest BCUT2D eigenvalue weighted by atomic mass is 16.5. The van der Waals surface area contributed by atoms with E-state index in [1.165, 1.54) is 13.1 Å². The molecule has 0 rings (SSSR count). The lowest BCUT2D eigenvalue weighted by Crippen LogP contribution is -2.12. The van der Waals surface area contributed by atoms with E-state index in [2.05, 4.69) is 21.0 Å². The Balaban J connectivity index is 3.58. The number of aliphatic hydroxyl groups excluding tert-OH is 1. The van der Waals surface area contributed by atoms with Crippen molar-refractivity contribution in [2.75, 3.05) is 26.4 Å². The molecule has 0 aliphatic carbocycles. The normalized spacial score (nSPS) is 10.1. The van der Waals surface area contributed by atoms with Crippen LogP contribution in [0.2, 0.25) is 0 Å². The van der Waals surface area contributed by atoms with Gasteiger partial charge in [-0.2, -0.15) is 0 Å². The van der Waals surface area contributed by atoms with Crippen LogP contribution in [0.25, 0.3) is 0 Å². The first-order chi connectivity index (χ1) is 7.57. The predicted octanol–water partition coefficient (Wildman–Crippen LogP) is -0.288. The third kappa shape index (κ3) is 7.69. The summed E-state index contributed by atoms with van der Waals surface area (Å²) >= 11 is 0. The van der Waals surface area contributed by atoms with Gasteiger partial charge in [0.05, 0.1) is 6.61 Å². The average molecular weight is 229 g/mol. The van der Waals surface area contributed by atoms with Crippen LogP contribution >= 0.6 is 0 Å². The lowest BCUT2D eigenvalue weighted by atomic mass is 10.4. The zero-order valence-corrected chi connectivity index (χ0v) is 9.14. The number of carbonyl (C=O) groups excluding carboxylic acids is 2. The molecule has 0 spiro atoms. The van der Waals surface area contributed by atoms with Gasteiger partial charge >= 0.3 is 11.9 Å². The zero-order chi connectivity index (χ0) is 12.4. The van der Waals surface area contributed by atoms with Gasteiger partial charge in [0.15, 0.2) is 0 Å². The van der Waals surface area contributed by atoms with E-state index in [4.69, 9.17) is 5.11 Å². The smallest absolute Gasteiger partial charge is 0.333 e. The molecule has 16 heavy (non-hydrogen) atoms. The summed E-state index contributed by atoms with van der Waals surface area (Å²) in [5, 5.41) is 8.36. The van der Waals surface area contributed by atoms with Crippen molar-refractivity contribution in [3.63, 3.8) is 0 Å². The minimum Gasteiger partial charge on any atom is -0.462 e. The summed E-state index contributed by atoms with van der Waals surface area (Å²) in [4.78, 5) is 25.4. The van der Waals surface area contributed by atoms with Crippen LogP contribution < -0.4 is 0 Å². The molecule has 0 atom stereocenters. The quantitative estimate of drug-likeness (QED) is 0.368. The van der Waals surface area contributed by atoms with Gasteiger partial charge in [-0.1, -0.05) is 6.58 Å². The molecule has 0 aromatic carbocycles. The molecule has 0 saturated heterocycles. The van der Waals surface area contributed by atoms with Crippen LogP contribution in [0, 0.1) is 0 Å². The first-order valence-electron chi connectivity index (χ1n) is 4.65. The molecule has 0 heterocycles. The molecule has 6 nitrogen and oxygen atoms in total. The van der Waals surface area contributed by atoms with E-state index in [-0.39, 0.29) is 26.4 Å². The van der Waals surface area contributed by atoms with Gasteiger partial charge < -0.3 is 14.6 Å². The minimum absolute atomic E-state index is 0.0149. The Labute approximate surface area is 93.6 Å². The standard InChI is InChI=1S/C10H15NO5/c1-8(2)10(14)16-5-3-11-7-9(13)15-6-4-12/h3,12H,1,4-7H2,2H3/b11-3+. The van der Waals surface area contributed by atoms with Crippen LogP contribution in [0.1, 0.15) is 6.92 Å². The van der Waals surface area contributed by atoms with Gasteiger partial charge in [-0.25, -0.2) is 4.79 Å². The molecule has 0 fully saturated rings. The summed E-state index contributed by atoms with van der Waals surface area (Å²) in [6, 6.07) is 0. The van der Waals surface area contributed by atoms with E-state index in [1.54, 1.807) is 0 Å². The number of ether oxygens (including phenoxy) is 2. The molecule has 0 aliphatic rings. The molecule has 0 saturated carbocycles. The summed E-state index contributed by atoms with van der Waals surface area (Å²) < 4.78 is 9.22. The van der Waals surface area contributed by atoms with E-state index >= 15 is 0 Å². The van der Waals surface area contributed by atoms with Crippen LogP contribution in [0.5, 0.6) is 0 Å². The van der Waals surface area contributed by atoms with Crippen molar-refractivity contribution < 1.29 is 24.2 Å². The third-order valence-corrected chi connectivity index (χ3v) is 1.34. The number of aliphatic imine (C=N–C) groups is 1. The molecular weight excluding hydrogens is 214 g/mol. The Hall–Kier alpha value is -1.69. The number of esters is 2. The van der Waals surface area contributed by atoms with Crippen LogP contribution in [0.3, 0.4) is 0 Å². The van der Waals surface area contributed by atoms with E-state index in [0.717, 1.165) is 0 Å². The monoisotopic (exact) mass is 229 g/mol. The number of hydrogen-bond donors (Lipinski definition) is 1. The topological polar surface area (TPSA) is 85.2 Å². The van der Waals surface area contributed by atoms with Crippen molar-refractivity contribution in [2.24, 2.45) is 4.99 Å². The largest absolute Gasteiger partial charge is 0.462 e. The number of nitrogens with zero attached hydrogens (tertiary/aromatic N) is 1. The first kappa shape index (κ1) is 14.3. The van der Waals surface area contributed by atoms with Gasteiger partial charge in [-0.15, -0.1) is 0 Å². The fourth-order valence-corrected chi connectivity index (χ4v) is 0.633. The maximum Gasteiger partial charge on any atom is 0.333 e. The van der Waals surface area contributed by atoms with Gasteiger partial charge in [0.25, 0.3) is 0 Å². The van der Waals surface area contributed by atoms with Crippen LogP contribution in [0.4, 0.5) is 0 Å². The maximum absolute atomic E-state index is 10.9. The fraction of sp³-hybridized carbons (Fsp3) is 0.500. The lowest BCUT2D eigenvalue weighted by molar-refractivity contribution is -0.142. The van der Waals surface area contributed by atoms with Crippen molar-refractivity contribution in [3.05, 3.63) is 12.2 Å². The molecule has 0 aliphatic heterocycles. The fourth-order valence-electron chi connectivity index (χ4n) is 0.633. The molecular formula is C10H15NO5. The first-order valence-corrected chi connectivity index (χ1v) is 4.65. The lowest BCUT2D eigenvalue weighted by Gasteiger charge is -2.00. The van der Waals surface area contributed by atoms with E-state index in [1.807, 2.05) is 0 Å². The molecule has 90 valence electrons. The second-order valence-electron chi connectivity index (χ2n) is 2.85. The van der Waals surface area contributed by atoms with Crippen molar-refractivity contribution in [1.82, 2.24) is 0 Å². The molecule has 0 aromatic rings. The molecule has 6 heteroatoms. The zero-order valence-electron chi connectivity index (χ0n) is 9.14. The number of carbonyl (C=O) groups is 2. The highest BCUT2D eigenvalue weighted by molar-refractivity contribution is 5.87. The Morgan fingerprint density at radius 3 is 2.69 bits per heavy atom. The molecule has 0 unspecified atom stereocenters. The van der Waals surface area contributed by atoms with Gasteiger partial charge in [-0.3, -0.25) is 9.79 Å². The molecule has 0 aromatic heterocycles. The number of hydrogen-bond acceptors (Lipinski definition) is 6. The summed E-state index contributed by atoms with van der Waals surface area (Å²) in [5.74, 6) is -1.05. The van der Waals surface area contributed by atoms with E-state index in [0.29, 0.717) is 5.57 Å². The molecule has 0 radical (unpaired) electrons. The van der Waals surface area contributed by atoms with E-state index < -0.39 is 11.9 Å². The highest BCUT2D eigenvalue weighted by Gasteiger charge is 2.01. The third-order valence-electron chi connectivity index (χ3n) is 1.34. The Kier molecular flexibility index (Phi) is 7.70. The van der Waals surface area contributed by atoms with E-state index in [9.17, 15) is 9.59 Å². The molecule has 0 bridgehead atoms. The van der Waals surface area contributed by atoms with Crippen molar-refractivity contribution in [3.8, 4) is 0 Å². The minimum atomic E-state index is -0.545. The van der Waals surface area contributed by atoms with Gasteiger partial charge in [0.2, 0.25) is 0 Å². The van der Waals surface area contributed by atoms with Gasteiger partial charge in [0, 0.05) is 11.8 Å². The Morgan fingerprint density at radius 1 is 1.44 bits per heavy atom. The van der Waals surface area contributed by atoms with Gasteiger partial charge in [-0.05, 0) is 6.92 Å². The predicted molar refractivity (Wildman–Crippen MR) is 57.2 cm³/mol. The van der Waals surface area contributed by atoms with Crippen molar-refractivity contribution >= 4 is 18.2 Å². The summed E-state index contributed by atoms with van der Waals surface area (Å²) in [5.41, 5.74) is 0.302. The number of rotatable bonds is 7. The van der Waals surface area contributed by atoms with Crippen molar-refractivity contribution in [1.29, 1.82) is 0 Å². The maximum atomic E-state index is 10.9. The second-order valence-corrected chi connectivity index (χ2v) is 2.85. The SMILES string of the molecule is C=C(C)C(=O)OC/C=N/CC(=O)OCCO. The molecule has 1 N–H and O–H groups in total. The van der Waals surface area contributed by atoms with Crippen LogP contribution in [-0.2, 0) is 19.1 Å². The summed E-state index contributed by atoms with van der Waals surface area (Å²) in [6.45, 7) is 4.50. The van der Waals surface area contributed by atoms with Crippen LogP contribution in [-0.4, -0.2) is 49.6 Å². The highest BCUT2D eigenvalue weighted by Crippen LogP contribution is 1.90. The Bertz CT molecular complexity index is 285. The summed E-state index contributed by atoms with van der Waals surface area (Å²) in [6.07, 6.45) is 1.29. The second kappa shape index (κ2) is 8.60. The number of aliphatic hydroxyl groups is 1. The molecule has 0 amide bonds. The Morgan fingerprint density at radius 2 is 2.12 bits per heavy atom. The summed E-state index contributed by atoms with van der Waals surface area (Å²) in [7, 11) is 0. The average Bonchev–Trinajstić information content (AvgIpc) is 2.25.